The fourth-order valence-electron chi connectivity index (χ4n) is 3.03. The number of aromatic amines is 1. The molecule has 1 saturated carbocycles. The Morgan fingerprint density at radius 1 is 1.37 bits per heavy atom. The molecule has 0 bridgehead atoms. The summed E-state index contributed by atoms with van der Waals surface area (Å²) in [6.07, 6.45) is 5.39. The van der Waals surface area contributed by atoms with E-state index in [9.17, 15) is 13.6 Å². The molecule has 0 radical (unpaired) electrons. The van der Waals surface area contributed by atoms with Crippen LogP contribution in [-0.4, -0.2) is 36.6 Å². The minimum atomic E-state index is -1.08. The van der Waals surface area contributed by atoms with Gasteiger partial charge in [-0.25, -0.2) is 13.8 Å². The summed E-state index contributed by atoms with van der Waals surface area (Å²) >= 11 is 6.17. The van der Waals surface area contributed by atoms with Gasteiger partial charge in [-0.2, -0.15) is 5.10 Å². The highest BCUT2D eigenvalue weighted by Gasteiger charge is 2.43. The predicted octanol–water partition coefficient (Wildman–Crippen LogP) is 3.36. The van der Waals surface area contributed by atoms with Gasteiger partial charge in [0.1, 0.15) is 12.0 Å². The molecule has 1 aliphatic rings. The van der Waals surface area contributed by atoms with Crippen molar-refractivity contribution in [1.29, 1.82) is 0 Å². The first-order chi connectivity index (χ1) is 13.0. The molecule has 10 heteroatoms. The number of nitrogens with zero attached hydrogens (tertiary/aromatic N) is 4. The Morgan fingerprint density at radius 3 is 2.96 bits per heavy atom. The molecule has 136 valence electrons. The molecule has 3 heterocycles. The largest absolute Gasteiger partial charge is 0.309 e. The van der Waals surface area contributed by atoms with Crippen LogP contribution in [0.3, 0.4) is 0 Å². The van der Waals surface area contributed by atoms with E-state index in [1.807, 2.05) is 0 Å². The molecule has 27 heavy (non-hydrogen) atoms. The number of halogens is 3. The van der Waals surface area contributed by atoms with Crippen LogP contribution in [0.15, 0.2) is 30.9 Å². The molecule has 0 saturated heterocycles. The highest BCUT2D eigenvalue weighted by atomic mass is 35.5. The van der Waals surface area contributed by atoms with Gasteiger partial charge < -0.3 is 9.72 Å². The molecule has 0 unspecified atom stereocenters. The number of H-pyrrole nitrogens is 1. The van der Waals surface area contributed by atoms with Gasteiger partial charge in [-0.1, -0.05) is 11.6 Å². The van der Waals surface area contributed by atoms with Gasteiger partial charge in [0.2, 0.25) is 5.91 Å². The molecular weight excluding hydrogens is 378 g/mol. The molecule has 5 rings (SSSR count). The number of imidazole rings is 1. The predicted molar refractivity (Wildman–Crippen MR) is 94.7 cm³/mol. The van der Waals surface area contributed by atoms with Gasteiger partial charge in [0, 0.05) is 23.2 Å². The number of hydrogen-bond acceptors (Lipinski definition) is 4. The van der Waals surface area contributed by atoms with E-state index >= 15 is 0 Å². The first-order valence-corrected chi connectivity index (χ1v) is 8.50. The van der Waals surface area contributed by atoms with Gasteiger partial charge in [0.05, 0.1) is 40.7 Å². The van der Waals surface area contributed by atoms with Crippen LogP contribution < -0.4 is 5.32 Å². The van der Waals surface area contributed by atoms with E-state index in [0.29, 0.717) is 27.8 Å². The van der Waals surface area contributed by atoms with E-state index in [0.717, 1.165) is 0 Å². The lowest BCUT2D eigenvalue weighted by Gasteiger charge is -2.07. The van der Waals surface area contributed by atoms with Crippen molar-refractivity contribution in [3.63, 3.8) is 0 Å². The third-order valence-electron chi connectivity index (χ3n) is 4.54. The van der Waals surface area contributed by atoms with Crippen LogP contribution in [0.4, 0.5) is 14.6 Å². The number of anilines is 1. The van der Waals surface area contributed by atoms with Gasteiger partial charge in [-0.15, -0.1) is 0 Å². The van der Waals surface area contributed by atoms with Crippen LogP contribution in [0.25, 0.3) is 27.8 Å². The van der Waals surface area contributed by atoms with Gasteiger partial charge in [-0.05, 0) is 6.42 Å². The molecular formula is C17H11ClF2N6O. The smallest absolute Gasteiger partial charge is 0.231 e. The van der Waals surface area contributed by atoms with Crippen molar-refractivity contribution < 1.29 is 13.6 Å². The summed E-state index contributed by atoms with van der Waals surface area (Å²) in [7, 11) is 0. The second-order valence-corrected chi connectivity index (χ2v) is 6.77. The summed E-state index contributed by atoms with van der Waals surface area (Å²) in [4.78, 5) is 20.4. The summed E-state index contributed by atoms with van der Waals surface area (Å²) in [5.74, 6) is -1.30. The third kappa shape index (κ3) is 2.62. The summed E-state index contributed by atoms with van der Waals surface area (Å²) in [6, 6.07) is 1.27. The molecule has 1 aliphatic carbocycles. The maximum atomic E-state index is 14.1. The topological polar surface area (TPSA) is 88.0 Å². The zero-order chi connectivity index (χ0) is 18.7. The van der Waals surface area contributed by atoms with E-state index in [2.05, 4.69) is 25.5 Å². The second-order valence-electron chi connectivity index (χ2n) is 6.39. The van der Waals surface area contributed by atoms with Crippen LogP contribution in [-0.2, 0) is 4.79 Å². The highest BCUT2D eigenvalue weighted by molar-refractivity contribution is 6.35. The van der Waals surface area contributed by atoms with E-state index in [1.165, 1.54) is 12.3 Å². The number of benzene rings is 1. The van der Waals surface area contributed by atoms with E-state index in [4.69, 9.17) is 11.6 Å². The fourth-order valence-corrected chi connectivity index (χ4v) is 3.28. The average molecular weight is 389 g/mol. The average Bonchev–Trinajstić information content (AvgIpc) is 3.02. The first kappa shape index (κ1) is 16.1. The number of carbonyl (C=O) groups is 1. The zero-order valence-electron chi connectivity index (χ0n) is 13.6. The van der Waals surface area contributed by atoms with E-state index in [-0.39, 0.29) is 17.3 Å². The van der Waals surface area contributed by atoms with Crippen LogP contribution in [0.2, 0.25) is 5.02 Å². The van der Waals surface area contributed by atoms with Crippen LogP contribution in [0.1, 0.15) is 6.42 Å². The Morgan fingerprint density at radius 2 is 2.19 bits per heavy atom. The third-order valence-corrected chi connectivity index (χ3v) is 4.91. The minimum absolute atomic E-state index is 0.0629. The Kier molecular flexibility index (Phi) is 3.41. The monoisotopic (exact) mass is 388 g/mol. The summed E-state index contributed by atoms with van der Waals surface area (Å²) in [5.41, 5.74) is 1.79. The summed E-state index contributed by atoms with van der Waals surface area (Å²) in [5, 5.41) is 9.78. The second kappa shape index (κ2) is 5.71. The lowest BCUT2D eigenvalue weighted by Crippen LogP contribution is -2.15. The Balaban J connectivity index is 1.56. The van der Waals surface area contributed by atoms with Gasteiger partial charge in [0.25, 0.3) is 0 Å². The number of carbonyl (C=O) groups excluding carboxylic acids is 1. The quantitative estimate of drug-likeness (QED) is 0.563. The van der Waals surface area contributed by atoms with Crippen molar-refractivity contribution in [2.75, 3.05) is 5.32 Å². The number of alkyl halides is 1. The fraction of sp³-hybridized carbons (Fsp3) is 0.176. The summed E-state index contributed by atoms with van der Waals surface area (Å²) < 4.78 is 28.8. The van der Waals surface area contributed by atoms with Crippen molar-refractivity contribution in [3.05, 3.63) is 41.7 Å². The van der Waals surface area contributed by atoms with E-state index < -0.39 is 23.8 Å². The van der Waals surface area contributed by atoms with Crippen LogP contribution in [0.5, 0.6) is 0 Å². The molecule has 0 spiro atoms. The molecule has 7 nitrogen and oxygen atoms in total. The van der Waals surface area contributed by atoms with E-state index in [1.54, 1.807) is 23.0 Å². The van der Waals surface area contributed by atoms with Crippen molar-refractivity contribution in [2.45, 2.75) is 12.6 Å². The number of amides is 1. The standard InChI is InChI=1S/C17H11ClF2N6O/c18-16-10(20)2-11-8(3-22-25-11)15(16)12-5-26-6-13(23-14(26)4-21-12)24-17(27)7-1-9(7)19/h2-7,9H,1H2,(H,22,25)(H,24,27)/t7-,9+/m1/s1. The molecule has 4 aromatic rings. The van der Waals surface area contributed by atoms with Gasteiger partial charge in [-0.3, -0.25) is 14.9 Å². The first-order valence-electron chi connectivity index (χ1n) is 8.12. The maximum Gasteiger partial charge on any atom is 0.231 e. The molecule has 1 aromatic carbocycles. The molecule has 3 aromatic heterocycles. The highest BCUT2D eigenvalue weighted by Crippen LogP contribution is 2.36. The molecule has 1 amide bonds. The zero-order valence-corrected chi connectivity index (χ0v) is 14.3. The van der Waals surface area contributed by atoms with Crippen molar-refractivity contribution in [1.82, 2.24) is 24.6 Å². The maximum absolute atomic E-state index is 14.1. The van der Waals surface area contributed by atoms with Crippen molar-refractivity contribution in [3.8, 4) is 11.3 Å². The molecule has 2 atom stereocenters. The molecule has 0 aliphatic heterocycles. The van der Waals surface area contributed by atoms with Crippen molar-refractivity contribution in [2.24, 2.45) is 5.92 Å². The number of fused-ring (bicyclic) bond motifs is 2. The Labute approximate surface area is 155 Å². The molecule has 2 N–H and O–H groups in total. The minimum Gasteiger partial charge on any atom is -0.309 e. The van der Waals surface area contributed by atoms with Crippen LogP contribution in [0, 0.1) is 11.7 Å². The van der Waals surface area contributed by atoms with Crippen molar-refractivity contribution >= 4 is 39.9 Å². The normalized spacial score (nSPS) is 18.9. The SMILES string of the molecule is O=C(Nc1cn2cc(-c3c(Cl)c(F)cc4[nH]ncc34)ncc2n1)[C@@H]1C[C@@H]1F. The lowest BCUT2D eigenvalue weighted by molar-refractivity contribution is -0.117. The number of rotatable bonds is 3. The number of nitrogens with one attached hydrogen (secondary N) is 2. The summed E-state index contributed by atoms with van der Waals surface area (Å²) in [6.45, 7) is 0. The van der Waals surface area contributed by atoms with Crippen LogP contribution >= 0.6 is 11.6 Å². The Bertz CT molecular complexity index is 1220. The van der Waals surface area contributed by atoms with Gasteiger partial charge in [0.15, 0.2) is 11.5 Å². The number of aromatic nitrogens is 5. The number of hydrogen-bond donors (Lipinski definition) is 2. The lowest BCUT2D eigenvalue weighted by atomic mass is 10.1. The molecule has 1 fully saturated rings. The Hall–Kier alpha value is -3.07. The van der Waals surface area contributed by atoms with Gasteiger partial charge >= 0.3 is 0 Å².